The SMILES string of the molecule is Cc1cc(COc2cnn(Cc3ccc(F)cc3)c2)cs1. The second-order valence-electron chi connectivity index (χ2n) is 4.85. The summed E-state index contributed by atoms with van der Waals surface area (Å²) in [7, 11) is 0. The molecule has 0 bridgehead atoms. The average Bonchev–Trinajstić information content (AvgIpc) is 3.08. The largest absolute Gasteiger partial charge is 0.486 e. The summed E-state index contributed by atoms with van der Waals surface area (Å²) in [6.45, 7) is 3.22. The number of aryl methyl sites for hydroxylation is 1. The third-order valence-electron chi connectivity index (χ3n) is 3.06. The molecule has 3 aromatic rings. The molecular formula is C16H15FN2OS. The van der Waals surface area contributed by atoms with Gasteiger partial charge in [0.2, 0.25) is 0 Å². The molecule has 0 aliphatic heterocycles. The Kier molecular flexibility index (Phi) is 4.01. The van der Waals surface area contributed by atoms with Gasteiger partial charge in [-0.05, 0) is 36.1 Å². The fourth-order valence-corrected chi connectivity index (χ4v) is 2.72. The summed E-state index contributed by atoms with van der Waals surface area (Å²) < 4.78 is 20.3. The first-order valence-corrected chi connectivity index (χ1v) is 7.51. The molecule has 3 rings (SSSR count). The second-order valence-corrected chi connectivity index (χ2v) is 5.97. The van der Waals surface area contributed by atoms with E-state index >= 15 is 0 Å². The Morgan fingerprint density at radius 1 is 1.24 bits per heavy atom. The third-order valence-corrected chi connectivity index (χ3v) is 3.97. The Bertz CT molecular complexity index is 718. The third kappa shape index (κ3) is 3.70. The number of hydrogen-bond donors (Lipinski definition) is 0. The lowest BCUT2D eigenvalue weighted by atomic mass is 10.2. The van der Waals surface area contributed by atoms with Crippen molar-refractivity contribution in [3.8, 4) is 5.75 Å². The number of ether oxygens (including phenoxy) is 1. The van der Waals surface area contributed by atoms with Crippen LogP contribution in [0.25, 0.3) is 0 Å². The maximum atomic E-state index is 12.9. The molecule has 1 aromatic carbocycles. The maximum absolute atomic E-state index is 12.9. The highest BCUT2D eigenvalue weighted by molar-refractivity contribution is 7.10. The van der Waals surface area contributed by atoms with E-state index in [-0.39, 0.29) is 5.82 Å². The normalized spacial score (nSPS) is 10.8. The lowest BCUT2D eigenvalue weighted by Gasteiger charge is -2.02. The van der Waals surface area contributed by atoms with Crippen LogP contribution >= 0.6 is 11.3 Å². The van der Waals surface area contributed by atoms with Crippen molar-refractivity contribution >= 4 is 11.3 Å². The fourth-order valence-electron chi connectivity index (χ4n) is 2.02. The summed E-state index contributed by atoms with van der Waals surface area (Å²) >= 11 is 1.72. The Labute approximate surface area is 126 Å². The van der Waals surface area contributed by atoms with Gasteiger partial charge in [0, 0.05) is 10.4 Å². The number of halogens is 1. The second kappa shape index (κ2) is 6.10. The van der Waals surface area contributed by atoms with E-state index in [1.54, 1.807) is 34.3 Å². The van der Waals surface area contributed by atoms with Crippen LogP contribution < -0.4 is 4.74 Å². The van der Waals surface area contributed by atoms with Crippen LogP contribution in [-0.4, -0.2) is 9.78 Å². The smallest absolute Gasteiger partial charge is 0.157 e. The molecule has 0 aliphatic rings. The summed E-state index contributed by atoms with van der Waals surface area (Å²) in [5.41, 5.74) is 2.17. The molecule has 2 heterocycles. The van der Waals surface area contributed by atoms with Crippen molar-refractivity contribution < 1.29 is 9.13 Å². The van der Waals surface area contributed by atoms with Gasteiger partial charge in [-0.25, -0.2) is 4.39 Å². The van der Waals surface area contributed by atoms with Crippen LogP contribution in [0.2, 0.25) is 0 Å². The van der Waals surface area contributed by atoms with E-state index in [0.29, 0.717) is 13.2 Å². The molecule has 0 saturated heterocycles. The van der Waals surface area contributed by atoms with Crippen molar-refractivity contribution in [2.45, 2.75) is 20.1 Å². The molecular weight excluding hydrogens is 287 g/mol. The number of hydrogen-bond acceptors (Lipinski definition) is 3. The molecule has 0 spiro atoms. The number of nitrogens with zero attached hydrogens (tertiary/aromatic N) is 2. The topological polar surface area (TPSA) is 27.1 Å². The van der Waals surface area contributed by atoms with Gasteiger partial charge in [0.1, 0.15) is 12.4 Å². The predicted octanol–water partition coefficient (Wildman–Crippen LogP) is 4.02. The zero-order chi connectivity index (χ0) is 14.7. The van der Waals surface area contributed by atoms with E-state index in [9.17, 15) is 4.39 Å². The number of benzene rings is 1. The van der Waals surface area contributed by atoms with E-state index in [4.69, 9.17) is 4.74 Å². The van der Waals surface area contributed by atoms with Gasteiger partial charge in [-0.3, -0.25) is 4.68 Å². The minimum absolute atomic E-state index is 0.228. The van der Waals surface area contributed by atoms with Crippen molar-refractivity contribution in [2.24, 2.45) is 0 Å². The van der Waals surface area contributed by atoms with Gasteiger partial charge >= 0.3 is 0 Å². The predicted molar refractivity (Wildman–Crippen MR) is 81.1 cm³/mol. The minimum atomic E-state index is -0.228. The first-order chi connectivity index (χ1) is 10.2. The number of aromatic nitrogens is 2. The molecule has 108 valence electrons. The Morgan fingerprint density at radius 2 is 2.05 bits per heavy atom. The quantitative estimate of drug-likeness (QED) is 0.712. The molecule has 2 aromatic heterocycles. The van der Waals surface area contributed by atoms with Crippen LogP contribution in [-0.2, 0) is 13.2 Å². The van der Waals surface area contributed by atoms with Gasteiger partial charge < -0.3 is 4.74 Å². The summed E-state index contributed by atoms with van der Waals surface area (Å²) in [4.78, 5) is 1.28. The van der Waals surface area contributed by atoms with Crippen molar-refractivity contribution in [3.63, 3.8) is 0 Å². The van der Waals surface area contributed by atoms with Crippen molar-refractivity contribution in [2.75, 3.05) is 0 Å². The molecule has 0 aliphatic carbocycles. The van der Waals surface area contributed by atoms with Crippen molar-refractivity contribution in [3.05, 3.63) is 69.9 Å². The Morgan fingerprint density at radius 3 is 2.76 bits per heavy atom. The highest BCUT2D eigenvalue weighted by Crippen LogP contribution is 2.17. The molecule has 0 fully saturated rings. The maximum Gasteiger partial charge on any atom is 0.157 e. The molecule has 0 saturated carbocycles. The van der Waals surface area contributed by atoms with Gasteiger partial charge in [0.05, 0.1) is 18.9 Å². The summed E-state index contributed by atoms with van der Waals surface area (Å²) in [5, 5.41) is 6.35. The van der Waals surface area contributed by atoms with Gasteiger partial charge in [0.25, 0.3) is 0 Å². The van der Waals surface area contributed by atoms with E-state index in [0.717, 1.165) is 11.3 Å². The van der Waals surface area contributed by atoms with Gasteiger partial charge in [-0.15, -0.1) is 11.3 Å². The first kappa shape index (κ1) is 13.8. The molecule has 0 radical (unpaired) electrons. The summed E-state index contributed by atoms with van der Waals surface area (Å²) in [5.74, 6) is 0.509. The molecule has 0 amide bonds. The molecule has 21 heavy (non-hydrogen) atoms. The van der Waals surface area contributed by atoms with Crippen LogP contribution in [0.3, 0.4) is 0 Å². The molecule has 0 atom stereocenters. The zero-order valence-corrected chi connectivity index (χ0v) is 12.4. The summed E-state index contributed by atoms with van der Waals surface area (Å²) in [6.07, 6.45) is 3.55. The summed E-state index contributed by atoms with van der Waals surface area (Å²) in [6, 6.07) is 8.54. The fraction of sp³-hybridized carbons (Fsp3) is 0.188. The van der Waals surface area contributed by atoms with Crippen LogP contribution in [0.1, 0.15) is 16.0 Å². The van der Waals surface area contributed by atoms with Crippen LogP contribution in [0.15, 0.2) is 48.1 Å². The minimum Gasteiger partial charge on any atom is -0.486 e. The van der Waals surface area contributed by atoms with E-state index in [2.05, 4.69) is 23.5 Å². The van der Waals surface area contributed by atoms with Crippen molar-refractivity contribution in [1.29, 1.82) is 0 Å². The van der Waals surface area contributed by atoms with Crippen LogP contribution in [0.4, 0.5) is 4.39 Å². The van der Waals surface area contributed by atoms with E-state index in [1.165, 1.54) is 22.6 Å². The highest BCUT2D eigenvalue weighted by atomic mass is 32.1. The van der Waals surface area contributed by atoms with E-state index < -0.39 is 0 Å². The lowest BCUT2D eigenvalue weighted by molar-refractivity contribution is 0.306. The van der Waals surface area contributed by atoms with Crippen molar-refractivity contribution in [1.82, 2.24) is 9.78 Å². The first-order valence-electron chi connectivity index (χ1n) is 6.63. The monoisotopic (exact) mass is 302 g/mol. The van der Waals surface area contributed by atoms with Crippen LogP contribution in [0, 0.1) is 12.7 Å². The molecule has 5 heteroatoms. The van der Waals surface area contributed by atoms with Gasteiger partial charge in [0.15, 0.2) is 5.75 Å². The van der Waals surface area contributed by atoms with Crippen LogP contribution in [0.5, 0.6) is 5.75 Å². The number of rotatable bonds is 5. The molecule has 0 N–H and O–H groups in total. The standard InChI is InChI=1S/C16H15FN2OS/c1-12-6-14(11-21-12)10-20-16-7-18-19(9-16)8-13-2-4-15(17)5-3-13/h2-7,9,11H,8,10H2,1H3. The highest BCUT2D eigenvalue weighted by Gasteiger charge is 2.03. The van der Waals surface area contributed by atoms with E-state index in [1.807, 2.05) is 6.20 Å². The van der Waals surface area contributed by atoms with Gasteiger partial charge in [-0.1, -0.05) is 12.1 Å². The number of thiophene rings is 1. The Balaban J connectivity index is 1.59. The average molecular weight is 302 g/mol. The molecule has 0 unspecified atom stereocenters. The molecule has 3 nitrogen and oxygen atoms in total. The van der Waals surface area contributed by atoms with Gasteiger partial charge in [-0.2, -0.15) is 5.10 Å². The Hall–Kier alpha value is -2.14. The lowest BCUT2D eigenvalue weighted by Crippen LogP contribution is -1.99. The zero-order valence-electron chi connectivity index (χ0n) is 11.6.